The minimum atomic E-state index is -0.141. The van der Waals surface area contributed by atoms with Gasteiger partial charge in [0, 0.05) is 25.5 Å². The number of imidazole rings is 1. The second-order valence-corrected chi connectivity index (χ2v) is 5.99. The molecule has 0 aliphatic carbocycles. The van der Waals surface area contributed by atoms with E-state index >= 15 is 0 Å². The first-order chi connectivity index (χ1) is 11.1. The Bertz CT molecular complexity index is 686. The molecule has 6 nitrogen and oxygen atoms in total. The van der Waals surface area contributed by atoms with Gasteiger partial charge in [0.1, 0.15) is 10.1 Å². The molecule has 1 fully saturated rings. The fraction of sp³-hybridized carbons (Fsp3) is 0.562. The molecule has 1 atom stereocenters. The monoisotopic (exact) mass is 382 g/mol. The van der Waals surface area contributed by atoms with Crippen molar-refractivity contribution in [3.8, 4) is 0 Å². The molecule has 1 aliphatic rings. The van der Waals surface area contributed by atoms with Crippen molar-refractivity contribution in [2.75, 3.05) is 25.1 Å². The maximum Gasteiger partial charge on any atom is 0.310 e. The van der Waals surface area contributed by atoms with Crippen LogP contribution in [-0.4, -0.2) is 40.5 Å². The maximum absolute atomic E-state index is 11.8. The summed E-state index contributed by atoms with van der Waals surface area (Å²) in [5, 5.41) is 0. The molecule has 1 aliphatic heterocycles. The SMILES string of the molecule is CC.COC(=O)C1CCCN(c2nc(Br)c3c(C)nccn23)C1. The van der Waals surface area contributed by atoms with Gasteiger partial charge in [0.05, 0.1) is 18.7 Å². The molecular weight excluding hydrogens is 360 g/mol. The minimum absolute atomic E-state index is 0.0854. The summed E-state index contributed by atoms with van der Waals surface area (Å²) in [6.07, 6.45) is 5.49. The molecule has 0 aromatic carbocycles. The number of anilines is 1. The minimum Gasteiger partial charge on any atom is -0.469 e. The molecule has 0 spiro atoms. The topological polar surface area (TPSA) is 59.7 Å². The number of rotatable bonds is 2. The molecule has 0 amide bonds. The Morgan fingerprint density at radius 1 is 1.43 bits per heavy atom. The van der Waals surface area contributed by atoms with Crippen LogP contribution in [0.3, 0.4) is 0 Å². The van der Waals surface area contributed by atoms with Gasteiger partial charge in [-0.05, 0) is 35.7 Å². The fourth-order valence-corrected chi connectivity index (χ4v) is 3.51. The number of carbonyl (C=O) groups is 1. The van der Waals surface area contributed by atoms with Gasteiger partial charge in [-0.1, -0.05) is 13.8 Å². The average Bonchev–Trinajstić information content (AvgIpc) is 2.94. The lowest BCUT2D eigenvalue weighted by Gasteiger charge is -2.31. The van der Waals surface area contributed by atoms with E-state index < -0.39 is 0 Å². The molecule has 1 unspecified atom stereocenters. The number of fused-ring (bicyclic) bond motifs is 1. The van der Waals surface area contributed by atoms with Crippen molar-refractivity contribution in [2.45, 2.75) is 33.6 Å². The Balaban J connectivity index is 0.000000924. The number of carbonyl (C=O) groups excluding carboxylic acids is 1. The lowest BCUT2D eigenvalue weighted by molar-refractivity contribution is -0.145. The second kappa shape index (κ2) is 7.77. The molecule has 2 aromatic heterocycles. The summed E-state index contributed by atoms with van der Waals surface area (Å²) in [6.45, 7) is 7.49. The molecule has 126 valence electrons. The van der Waals surface area contributed by atoms with Gasteiger partial charge in [-0.3, -0.25) is 14.2 Å². The first-order valence-electron chi connectivity index (χ1n) is 7.93. The predicted octanol–water partition coefficient (Wildman–Crippen LogP) is 3.22. The van der Waals surface area contributed by atoms with E-state index in [1.165, 1.54) is 7.11 Å². The zero-order valence-electron chi connectivity index (χ0n) is 14.0. The van der Waals surface area contributed by atoms with Gasteiger partial charge < -0.3 is 9.64 Å². The zero-order chi connectivity index (χ0) is 17.0. The van der Waals surface area contributed by atoms with Gasteiger partial charge >= 0.3 is 5.97 Å². The van der Waals surface area contributed by atoms with Crippen LogP contribution in [0.2, 0.25) is 0 Å². The van der Waals surface area contributed by atoms with E-state index in [0.717, 1.165) is 41.1 Å². The molecule has 23 heavy (non-hydrogen) atoms. The highest BCUT2D eigenvalue weighted by Crippen LogP contribution is 2.29. The number of piperidine rings is 1. The largest absolute Gasteiger partial charge is 0.469 e. The maximum atomic E-state index is 11.8. The van der Waals surface area contributed by atoms with E-state index in [0.29, 0.717) is 6.54 Å². The van der Waals surface area contributed by atoms with Crippen LogP contribution in [0.1, 0.15) is 32.4 Å². The lowest BCUT2D eigenvalue weighted by Crippen LogP contribution is -2.40. The number of hydrogen-bond acceptors (Lipinski definition) is 5. The first kappa shape index (κ1) is 17.7. The van der Waals surface area contributed by atoms with E-state index in [-0.39, 0.29) is 11.9 Å². The van der Waals surface area contributed by atoms with Crippen LogP contribution in [0.4, 0.5) is 5.95 Å². The highest BCUT2D eigenvalue weighted by Gasteiger charge is 2.29. The van der Waals surface area contributed by atoms with Gasteiger partial charge in [0.15, 0.2) is 0 Å². The number of aromatic nitrogens is 3. The standard InChI is InChI=1S/C14H17BrN4O2.C2H6/c1-9-11-12(15)17-14(19(11)7-5-16-9)18-6-3-4-10(8-18)13(20)21-2;1-2/h5,7,10H,3-4,6,8H2,1-2H3;1-2H3. The van der Waals surface area contributed by atoms with Crippen molar-refractivity contribution >= 4 is 33.4 Å². The van der Waals surface area contributed by atoms with Crippen LogP contribution in [0, 0.1) is 12.8 Å². The Hall–Kier alpha value is -1.63. The van der Waals surface area contributed by atoms with E-state index in [2.05, 4.69) is 30.8 Å². The van der Waals surface area contributed by atoms with Crippen LogP contribution in [0.15, 0.2) is 17.0 Å². The molecule has 7 heteroatoms. The highest BCUT2D eigenvalue weighted by atomic mass is 79.9. The van der Waals surface area contributed by atoms with E-state index in [1.54, 1.807) is 6.20 Å². The highest BCUT2D eigenvalue weighted by molar-refractivity contribution is 9.10. The third-order valence-electron chi connectivity index (χ3n) is 3.92. The van der Waals surface area contributed by atoms with E-state index in [9.17, 15) is 4.79 Å². The van der Waals surface area contributed by atoms with Crippen LogP contribution in [0.25, 0.3) is 5.52 Å². The number of aryl methyl sites for hydroxylation is 1. The van der Waals surface area contributed by atoms with Crippen molar-refractivity contribution in [3.63, 3.8) is 0 Å². The summed E-state index contributed by atoms with van der Waals surface area (Å²) in [5.74, 6) is 0.617. The number of methoxy groups -OCH3 is 1. The summed E-state index contributed by atoms with van der Waals surface area (Å²) in [5.41, 5.74) is 1.89. The molecule has 0 bridgehead atoms. The van der Waals surface area contributed by atoms with Crippen molar-refractivity contribution in [1.82, 2.24) is 14.4 Å². The van der Waals surface area contributed by atoms with Crippen molar-refractivity contribution < 1.29 is 9.53 Å². The Morgan fingerprint density at radius 3 is 2.87 bits per heavy atom. The summed E-state index contributed by atoms with van der Waals surface area (Å²) < 4.78 is 7.67. The van der Waals surface area contributed by atoms with Crippen molar-refractivity contribution in [2.24, 2.45) is 5.92 Å². The van der Waals surface area contributed by atoms with Gasteiger partial charge in [-0.25, -0.2) is 4.98 Å². The number of ether oxygens (including phenoxy) is 1. The fourth-order valence-electron chi connectivity index (χ4n) is 2.87. The second-order valence-electron chi connectivity index (χ2n) is 5.24. The molecule has 3 heterocycles. The van der Waals surface area contributed by atoms with Crippen LogP contribution in [0.5, 0.6) is 0 Å². The molecular formula is C16H23BrN4O2. The Morgan fingerprint density at radius 2 is 2.17 bits per heavy atom. The molecule has 3 rings (SSSR count). The molecule has 1 saturated heterocycles. The third-order valence-corrected chi connectivity index (χ3v) is 4.47. The van der Waals surface area contributed by atoms with Crippen LogP contribution < -0.4 is 4.90 Å². The number of esters is 1. The molecule has 0 N–H and O–H groups in total. The van der Waals surface area contributed by atoms with Crippen LogP contribution >= 0.6 is 15.9 Å². The normalized spacial score (nSPS) is 17.6. The smallest absolute Gasteiger partial charge is 0.310 e. The average molecular weight is 383 g/mol. The molecule has 0 radical (unpaired) electrons. The van der Waals surface area contributed by atoms with Crippen LogP contribution in [-0.2, 0) is 9.53 Å². The Kier molecular flexibility index (Phi) is 5.98. The number of hydrogen-bond donors (Lipinski definition) is 0. The number of halogens is 1. The van der Waals surface area contributed by atoms with E-state index in [4.69, 9.17) is 4.74 Å². The van der Waals surface area contributed by atoms with Gasteiger partial charge in [-0.15, -0.1) is 0 Å². The quantitative estimate of drug-likeness (QED) is 0.746. The summed E-state index contributed by atoms with van der Waals surface area (Å²) in [7, 11) is 1.44. The van der Waals surface area contributed by atoms with Gasteiger partial charge in [0.2, 0.25) is 5.95 Å². The van der Waals surface area contributed by atoms with Gasteiger partial charge in [-0.2, -0.15) is 0 Å². The summed E-state index contributed by atoms with van der Waals surface area (Å²) in [6, 6.07) is 0. The first-order valence-corrected chi connectivity index (χ1v) is 8.73. The van der Waals surface area contributed by atoms with Crippen molar-refractivity contribution in [1.29, 1.82) is 0 Å². The Labute approximate surface area is 145 Å². The third kappa shape index (κ3) is 3.49. The molecule has 2 aromatic rings. The summed E-state index contributed by atoms with van der Waals surface area (Å²) >= 11 is 3.50. The van der Waals surface area contributed by atoms with Gasteiger partial charge in [0.25, 0.3) is 0 Å². The predicted molar refractivity (Wildman–Crippen MR) is 93.7 cm³/mol. The molecule has 0 saturated carbocycles. The number of nitrogens with zero attached hydrogens (tertiary/aromatic N) is 4. The van der Waals surface area contributed by atoms with Crippen molar-refractivity contribution in [3.05, 3.63) is 22.7 Å². The van der Waals surface area contributed by atoms with E-state index in [1.807, 2.05) is 31.4 Å². The summed E-state index contributed by atoms with van der Waals surface area (Å²) in [4.78, 5) is 22.8. The lowest BCUT2D eigenvalue weighted by atomic mass is 9.98. The zero-order valence-corrected chi connectivity index (χ0v) is 15.6.